The molecule has 2 N–H and O–H groups in total. The molecule has 0 radical (unpaired) electrons. The number of carbonyl (C=O) groups excluding carboxylic acids is 1. The maximum atomic E-state index is 13.2. The van der Waals surface area contributed by atoms with Crippen LogP contribution < -0.4 is 10.1 Å². The van der Waals surface area contributed by atoms with Gasteiger partial charge in [0.15, 0.2) is 0 Å². The van der Waals surface area contributed by atoms with Gasteiger partial charge in [-0.1, -0.05) is 30.3 Å². The monoisotopic (exact) mass is 435 g/mol. The van der Waals surface area contributed by atoms with Crippen molar-refractivity contribution in [2.24, 2.45) is 5.92 Å². The number of rotatable bonds is 9. The van der Waals surface area contributed by atoms with Crippen LogP contribution in [0.5, 0.6) is 5.75 Å². The molecule has 3 unspecified atom stereocenters. The van der Waals surface area contributed by atoms with Gasteiger partial charge >= 0.3 is 0 Å². The molecule has 1 aliphatic heterocycles. The summed E-state index contributed by atoms with van der Waals surface area (Å²) < 4.78 is 11.5. The smallest absolute Gasteiger partial charge is 0.229 e. The molecule has 6 heteroatoms. The highest BCUT2D eigenvalue weighted by Crippen LogP contribution is 2.27. The number of piperidine rings is 1. The highest BCUT2D eigenvalue weighted by atomic mass is 16.5. The predicted octanol–water partition coefficient (Wildman–Crippen LogP) is 3.76. The first-order valence-corrected chi connectivity index (χ1v) is 11.4. The number of aromatic amines is 1. The fourth-order valence-electron chi connectivity index (χ4n) is 4.64. The average Bonchev–Trinajstić information content (AvgIpc) is 3.24. The number of methoxy groups -OCH3 is 1. The first-order chi connectivity index (χ1) is 15.6. The van der Waals surface area contributed by atoms with Crippen LogP contribution in [0.15, 0.2) is 54.7 Å². The van der Waals surface area contributed by atoms with Gasteiger partial charge in [-0.25, -0.2) is 0 Å². The zero-order valence-corrected chi connectivity index (χ0v) is 19.1. The molecule has 1 amide bonds. The van der Waals surface area contributed by atoms with E-state index < -0.39 is 0 Å². The van der Waals surface area contributed by atoms with Gasteiger partial charge in [-0.15, -0.1) is 0 Å². The Labute approximate surface area is 189 Å². The number of fused-ring (bicyclic) bond motifs is 1. The number of benzene rings is 2. The lowest BCUT2D eigenvalue weighted by Gasteiger charge is -2.40. The van der Waals surface area contributed by atoms with Crippen molar-refractivity contribution in [1.29, 1.82) is 0 Å². The molecule has 32 heavy (non-hydrogen) atoms. The molecule has 0 saturated carbocycles. The summed E-state index contributed by atoms with van der Waals surface area (Å²) >= 11 is 0. The van der Waals surface area contributed by atoms with Gasteiger partial charge in [-0.3, -0.25) is 4.79 Å². The minimum Gasteiger partial charge on any atom is -0.489 e. The molecule has 2 aromatic carbocycles. The van der Waals surface area contributed by atoms with Crippen LogP contribution in [0.4, 0.5) is 0 Å². The molecule has 3 aromatic rings. The number of carbonyl (C=O) groups is 1. The Morgan fingerprint density at radius 1 is 1.22 bits per heavy atom. The minimum absolute atomic E-state index is 0.111. The van der Waals surface area contributed by atoms with E-state index in [1.807, 2.05) is 49.3 Å². The minimum atomic E-state index is -0.153. The molecule has 0 spiro atoms. The van der Waals surface area contributed by atoms with Crippen molar-refractivity contribution in [2.45, 2.75) is 38.5 Å². The molecule has 170 valence electrons. The van der Waals surface area contributed by atoms with Crippen molar-refractivity contribution in [3.63, 3.8) is 0 Å². The number of ether oxygens (including phenoxy) is 2. The van der Waals surface area contributed by atoms with Crippen LogP contribution >= 0.6 is 0 Å². The second-order valence-corrected chi connectivity index (χ2v) is 8.52. The third kappa shape index (κ3) is 4.81. The Morgan fingerprint density at radius 2 is 2.03 bits per heavy atom. The van der Waals surface area contributed by atoms with Gasteiger partial charge in [0, 0.05) is 43.3 Å². The molecular weight excluding hydrogens is 402 g/mol. The maximum Gasteiger partial charge on any atom is 0.229 e. The van der Waals surface area contributed by atoms with E-state index in [-0.39, 0.29) is 24.0 Å². The Kier molecular flexibility index (Phi) is 7.12. The number of amides is 1. The summed E-state index contributed by atoms with van der Waals surface area (Å²) in [4.78, 5) is 18.5. The summed E-state index contributed by atoms with van der Waals surface area (Å²) in [6.45, 7) is 3.99. The molecule has 1 saturated heterocycles. The fraction of sp³-hybridized carbons (Fsp3) is 0.423. The van der Waals surface area contributed by atoms with E-state index in [1.54, 1.807) is 7.11 Å². The van der Waals surface area contributed by atoms with Gasteiger partial charge in [0.1, 0.15) is 12.4 Å². The Morgan fingerprint density at radius 3 is 2.78 bits per heavy atom. The summed E-state index contributed by atoms with van der Waals surface area (Å²) in [5.41, 5.74) is 3.42. The number of nitrogens with zero attached hydrogens (tertiary/aromatic N) is 1. The normalized spacial score (nSPS) is 20.0. The van der Waals surface area contributed by atoms with Gasteiger partial charge in [0.2, 0.25) is 5.91 Å². The van der Waals surface area contributed by atoms with Crippen LogP contribution in [0.1, 0.15) is 24.5 Å². The van der Waals surface area contributed by atoms with Crippen LogP contribution in [-0.2, 0) is 22.6 Å². The third-order valence-electron chi connectivity index (χ3n) is 6.63. The molecule has 0 aliphatic carbocycles. The number of likely N-dealkylation sites (tertiary alicyclic amines) is 1. The quantitative estimate of drug-likeness (QED) is 0.537. The van der Waals surface area contributed by atoms with Crippen molar-refractivity contribution in [3.8, 4) is 5.75 Å². The molecule has 1 fully saturated rings. The second-order valence-electron chi connectivity index (χ2n) is 8.52. The summed E-state index contributed by atoms with van der Waals surface area (Å²) in [5, 5.41) is 4.45. The van der Waals surface area contributed by atoms with Gasteiger partial charge in [0.05, 0.1) is 12.0 Å². The van der Waals surface area contributed by atoms with E-state index in [2.05, 4.69) is 34.6 Å². The maximum absolute atomic E-state index is 13.2. The Hall–Kier alpha value is -2.83. The van der Waals surface area contributed by atoms with E-state index in [9.17, 15) is 4.79 Å². The molecule has 4 rings (SSSR count). The van der Waals surface area contributed by atoms with E-state index >= 15 is 0 Å². The largest absolute Gasteiger partial charge is 0.489 e. The Balaban J connectivity index is 1.43. The van der Waals surface area contributed by atoms with E-state index in [0.717, 1.165) is 41.6 Å². The summed E-state index contributed by atoms with van der Waals surface area (Å²) in [6, 6.07) is 16.5. The third-order valence-corrected chi connectivity index (χ3v) is 6.63. The van der Waals surface area contributed by atoms with Gasteiger partial charge < -0.3 is 24.7 Å². The number of hydrogen-bond donors (Lipinski definition) is 2. The molecule has 6 nitrogen and oxygen atoms in total. The van der Waals surface area contributed by atoms with Gasteiger partial charge in [0.25, 0.3) is 0 Å². The van der Waals surface area contributed by atoms with E-state index in [4.69, 9.17) is 9.47 Å². The lowest BCUT2D eigenvalue weighted by molar-refractivity contribution is -0.145. The fourth-order valence-corrected chi connectivity index (χ4v) is 4.64. The summed E-state index contributed by atoms with van der Waals surface area (Å²) in [5.74, 6) is 0.874. The van der Waals surface area contributed by atoms with Crippen LogP contribution in [0.3, 0.4) is 0 Å². The van der Waals surface area contributed by atoms with Gasteiger partial charge in [-0.2, -0.15) is 0 Å². The van der Waals surface area contributed by atoms with Crippen LogP contribution in [-0.4, -0.2) is 55.2 Å². The van der Waals surface area contributed by atoms with Crippen molar-refractivity contribution >= 4 is 16.8 Å². The predicted molar refractivity (Wildman–Crippen MR) is 127 cm³/mol. The van der Waals surface area contributed by atoms with Crippen LogP contribution in [0, 0.1) is 5.92 Å². The summed E-state index contributed by atoms with van der Waals surface area (Å²) in [7, 11) is 3.60. The topological polar surface area (TPSA) is 66.6 Å². The lowest BCUT2D eigenvalue weighted by atomic mass is 9.87. The average molecular weight is 436 g/mol. The molecular formula is C26H33N3O3. The molecule has 0 bridgehead atoms. The second kappa shape index (κ2) is 10.2. The van der Waals surface area contributed by atoms with Gasteiger partial charge in [-0.05, 0) is 56.1 Å². The molecule has 3 atom stereocenters. The highest BCUT2D eigenvalue weighted by molar-refractivity contribution is 5.85. The number of nitrogens with one attached hydrogen (secondary N) is 2. The number of hydrogen-bond acceptors (Lipinski definition) is 4. The van der Waals surface area contributed by atoms with Crippen molar-refractivity contribution < 1.29 is 14.3 Å². The van der Waals surface area contributed by atoms with Crippen molar-refractivity contribution in [2.75, 3.05) is 27.2 Å². The first-order valence-electron chi connectivity index (χ1n) is 11.4. The molecule has 2 heterocycles. The SMILES string of the molecule is CNC1CCN(CCc2c[nH]c3ccc(OCc4ccccc4)cc23)C(=O)C1C(C)OC. The standard InChI is InChI=1S/C26H33N3O3/c1-18(31-3)25-24(27-2)12-14-29(26(25)30)13-11-20-16-28-23-10-9-21(15-22(20)23)32-17-19-7-5-4-6-8-19/h4-10,15-16,18,24-25,27-28H,11-14,17H2,1-3H3. The molecule has 1 aromatic heterocycles. The van der Waals surface area contributed by atoms with Crippen LogP contribution in [0.25, 0.3) is 10.9 Å². The van der Waals surface area contributed by atoms with E-state index in [0.29, 0.717) is 13.2 Å². The Bertz CT molecular complexity index is 1030. The number of aromatic nitrogens is 1. The van der Waals surface area contributed by atoms with Crippen LogP contribution in [0.2, 0.25) is 0 Å². The van der Waals surface area contributed by atoms with Crippen molar-refractivity contribution in [1.82, 2.24) is 15.2 Å². The summed E-state index contributed by atoms with van der Waals surface area (Å²) in [6.07, 6.45) is 3.67. The molecule has 1 aliphatic rings. The number of H-pyrrole nitrogens is 1. The lowest BCUT2D eigenvalue weighted by Crippen LogP contribution is -2.56. The highest BCUT2D eigenvalue weighted by Gasteiger charge is 2.39. The zero-order chi connectivity index (χ0) is 22.5. The first kappa shape index (κ1) is 22.4. The van der Waals surface area contributed by atoms with E-state index in [1.165, 1.54) is 5.56 Å². The zero-order valence-electron chi connectivity index (χ0n) is 19.1. The van der Waals surface area contributed by atoms with Crippen molar-refractivity contribution in [3.05, 3.63) is 65.9 Å².